The minimum Gasteiger partial charge on any atom is -0.380 e. The zero-order chi connectivity index (χ0) is 12.4. The number of aromatic nitrogens is 2. The van der Waals surface area contributed by atoms with Gasteiger partial charge in [-0.1, -0.05) is 6.92 Å². The molecule has 2 unspecified atom stereocenters. The molecule has 4 heteroatoms. The van der Waals surface area contributed by atoms with Crippen LogP contribution in [0.3, 0.4) is 0 Å². The van der Waals surface area contributed by atoms with E-state index in [4.69, 9.17) is 10.5 Å². The number of hydrogen-bond donors (Lipinski definition) is 1. The van der Waals surface area contributed by atoms with Gasteiger partial charge in [0.25, 0.3) is 0 Å². The highest BCUT2D eigenvalue weighted by molar-refractivity contribution is 5.12. The first kappa shape index (κ1) is 12.6. The van der Waals surface area contributed by atoms with Crippen LogP contribution >= 0.6 is 0 Å². The molecule has 1 aromatic heterocycles. The highest BCUT2D eigenvalue weighted by atomic mass is 16.5. The smallest absolute Gasteiger partial charge is 0.0754 e. The molecule has 0 aromatic carbocycles. The van der Waals surface area contributed by atoms with E-state index in [0.29, 0.717) is 5.92 Å². The lowest BCUT2D eigenvalue weighted by Gasteiger charge is -2.22. The van der Waals surface area contributed by atoms with E-state index in [1.54, 1.807) is 7.11 Å². The van der Waals surface area contributed by atoms with Crippen LogP contribution < -0.4 is 5.73 Å². The molecule has 1 aliphatic carbocycles. The van der Waals surface area contributed by atoms with E-state index >= 15 is 0 Å². The fourth-order valence-corrected chi connectivity index (χ4v) is 2.43. The summed E-state index contributed by atoms with van der Waals surface area (Å²) in [5.74, 6) is 0.675. The zero-order valence-electron chi connectivity index (χ0n) is 11.0. The van der Waals surface area contributed by atoms with E-state index in [2.05, 4.69) is 18.1 Å². The standard InChI is InChI=1S/C13H23N3O/c1-4-10-7-11(16(2)15-10)8-12(14)13(17-3)9-5-6-9/h7,9,12-13H,4-6,8,14H2,1-3H3. The number of aryl methyl sites for hydroxylation is 2. The molecule has 4 nitrogen and oxygen atoms in total. The van der Waals surface area contributed by atoms with Crippen LogP contribution in [0.15, 0.2) is 6.07 Å². The van der Waals surface area contributed by atoms with Gasteiger partial charge >= 0.3 is 0 Å². The summed E-state index contributed by atoms with van der Waals surface area (Å²) in [6.45, 7) is 2.12. The van der Waals surface area contributed by atoms with E-state index in [0.717, 1.165) is 18.5 Å². The van der Waals surface area contributed by atoms with Crippen LogP contribution in [-0.4, -0.2) is 29.0 Å². The first-order valence-corrected chi connectivity index (χ1v) is 6.45. The van der Waals surface area contributed by atoms with Gasteiger partial charge in [0.15, 0.2) is 0 Å². The lowest BCUT2D eigenvalue weighted by atomic mass is 10.0. The predicted molar refractivity (Wildman–Crippen MR) is 67.8 cm³/mol. The molecule has 2 atom stereocenters. The molecular weight excluding hydrogens is 214 g/mol. The summed E-state index contributed by atoms with van der Waals surface area (Å²) in [7, 11) is 3.75. The Kier molecular flexibility index (Phi) is 3.84. The molecule has 1 aromatic rings. The van der Waals surface area contributed by atoms with Gasteiger partial charge in [-0.3, -0.25) is 4.68 Å². The van der Waals surface area contributed by atoms with Gasteiger partial charge in [0, 0.05) is 32.3 Å². The quantitative estimate of drug-likeness (QED) is 0.811. The Labute approximate surface area is 103 Å². The second-order valence-electron chi connectivity index (χ2n) is 5.01. The molecule has 0 amide bonds. The summed E-state index contributed by atoms with van der Waals surface area (Å²) in [6, 6.07) is 2.23. The van der Waals surface area contributed by atoms with Crippen molar-refractivity contribution in [2.75, 3.05) is 7.11 Å². The molecule has 0 aliphatic heterocycles. The average Bonchev–Trinajstić information content (AvgIpc) is 3.06. The van der Waals surface area contributed by atoms with Crippen molar-refractivity contribution in [1.82, 2.24) is 9.78 Å². The lowest BCUT2D eigenvalue weighted by Crippen LogP contribution is -2.39. The molecule has 2 rings (SSSR count). The number of nitrogens with zero attached hydrogens (tertiary/aromatic N) is 2. The summed E-state index contributed by atoms with van der Waals surface area (Å²) in [6.07, 6.45) is 4.54. The van der Waals surface area contributed by atoms with Crippen LogP contribution in [0.5, 0.6) is 0 Å². The van der Waals surface area contributed by atoms with Crippen molar-refractivity contribution in [2.45, 2.75) is 44.8 Å². The van der Waals surface area contributed by atoms with Gasteiger partial charge in [-0.05, 0) is 31.2 Å². The van der Waals surface area contributed by atoms with Gasteiger partial charge in [0.05, 0.1) is 11.8 Å². The number of rotatable bonds is 6. The second kappa shape index (κ2) is 5.19. The van der Waals surface area contributed by atoms with Crippen molar-refractivity contribution in [3.8, 4) is 0 Å². The Hall–Kier alpha value is -0.870. The van der Waals surface area contributed by atoms with Gasteiger partial charge in [-0.2, -0.15) is 5.10 Å². The number of methoxy groups -OCH3 is 1. The number of nitrogens with two attached hydrogens (primary N) is 1. The molecule has 1 fully saturated rings. The fourth-order valence-electron chi connectivity index (χ4n) is 2.43. The summed E-state index contributed by atoms with van der Waals surface area (Å²) < 4.78 is 7.47. The number of hydrogen-bond acceptors (Lipinski definition) is 3. The first-order chi connectivity index (χ1) is 8.15. The molecule has 0 spiro atoms. The monoisotopic (exact) mass is 237 g/mol. The highest BCUT2D eigenvalue weighted by Crippen LogP contribution is 2.35. The Morgan fingerprint density at radius 1 is 1.59 bits per heavy atom. The van der Waals surface area contributed by atoms with Crippen LogP contribution in [0.25, 0.3) is 0 Å². The third-order valence-corrected chi connectivity index (χ3v) is 3.62. The third-order valence-electron chi connectivity index (χ3n) is 3.62. The Balaban J connectivity index is 2.00. The molecule has 96 valence electrons. The van der Waals surface area contributed by atoms with E-state index in [1.165, 1.54) is 18.5 Å². The third kappa shape index (κ3) is 2.87. The van der Waals surface area contributed by atoms with Crippen molar-refractivity contribution >= 4 is 0 Å². The van der Waals surface area contributed by atoms with Gasteiger partial charge in [-0.15, -0.1) is 0 Å². The van der Waals surface area contributed by atoms with Gasteiger partial charge < -0.3 is 10.5 Å². The van der Waals surface area contributed by atoms with Crippen molar-refractivity contribution < 1.29 is 4.74 Å². The Morgan fingerprint density at radius 2 is 2.29 bits per heavy atom. The van der Waals surface area contributed by atoms with Gasteiger partial charge in [-0.25, -0.2) is 0 Å². The lowest BCUT2D eigenvalue weighted by molar-refractivity contribution is 0.0622. The molecule has 17 heavy (non-hydrogen) atoms. The van der Waals surface area contributed by atoms with Crippen LogP contribution in [0.2, 0.25) is 0 Å². The summed E-state index contributed by atoms with van der Waals surface area (Å²) >= 11 is 0. The Morgan fingerprint density at radius 3 is 2.76 bits per heavy atom. The maximum Gasteiger partial charge on any atom is 0.0754 e. The largest absolute Gasteiger partial charge is 0.380 e. The molecule has 0 radical (unpaired) electrons. The molecule has 1 aliphatic rings. The minimum absolute atomic E-state index is 0.0765. The van der Waals surface area contributed by atoms with Crippen molar-refractivity contribution in [3.63, 3.8) is 0 Å². The summed E-state index contributed by atoms with van der Waals surface area (Å²) in [5, 5.41) is 4.45. The minimum atomic E-state index is 0.0765. The van der Waals surface area contributed by atoms with Gasteiger partial charge in [0.2, 0.25) is 0 Å². The molecule has 1 heterocycles. The average molecular weight is 237 g/mol. The molecular formula is C13H23N3O. The van der Waals surface area contributed by atoms with Crippen LogP contribution in [0, 0.1) is 5.92 Å². The second-order valence-corrected chi connectivity index (χ2v) is 5.01. The zero-order valence-corrected chi connectivity index (χ0v) is 11.0. The van der Waals surface area contributed by atoms with Crippen LogP contribution in [0.1, 0.15) is 31.2 Å². The van der Waals surface area contributed by atoms with Crippen molar-refractivity contribution in [2.24, 2.45) is 18.7 Å². The number of ether oxygens (including phenoxy) is 1. The van der Waals surface area contributed by atoms with E-state index < -0.39 is 0 Å². The topological polar surface area (TPSA) is 53.1 Å². The maximum absolute atomic E-state index is 6.25. The maximum atomic E-state index is 6.25. The summed E-state index contributed by atoms with van der Waals surface area (Å²) in [5.41, 5.74) is 8.59. The van der Waals surface area contributed by atoms with Gasteiger partial charge in [0.1, 0.15) is 0 Å². The predicted octanol–water partition coefficient (Wildman–Crippen LogP) is 1.28. The van der Waals surface area contributed by atoms with E-state index in [-0.39, 0.29) is 12.1 Å². The molecule has 0 bridgehead atoms. The van der Waals surface area contributed by atoms with Crippen molar-refractivity contribution in [3.05, 3.63) is 17.5 Å². The highest BCUT2D eigenvalue weighted by Gasteiger charge is 2.35. The van der Waals surface area contributed by atoms with Crippen LogP contribution in [-0.2, 0) is 24.6 Å². The molecule has 1 saturated carbocycles. The summed E-state index contributed by atoms with van der Waals surface area (Å²) in [4.78, 5) is 0. The normalized spacial score (nSPS) is 19.3. The molecule has 0 saturated heterocycles. The fraction of sp³-hybridized carbons (Fsp3) is 0.769. The van der Waals surface area contributed by atoms with Crippen LogP contribution in [0.4, 0.5) is 0 Å². The van der Waals surface area contributed by atoms with E-state index in [9.17, 15) is 0 Å². The van der Waals surface area contributed by atoms with Crippen molar-refractivity contribution in [1.29, 1.82) is 0 Å². The SMILES string of the molecule is CCc1cc(CC(N)C(OC)C2CC2)n(C)n1. The molecule has 2 N–H and O–H groups in total. The Bertz CT molecular complexity index is 371. The van der Waals surface area contributed by atoms with E-state index in [1.807, 2.05) is 11.7 Å². The first-order valence-electron chi connectivity index (χ1n) is 6.45.